The fraction of sp³-hybridized carbons (Fsp3) is 0. The molecule has 0 bridgehead atoms. The average molecular weight is 841 g/mol. The third-order valence-corrected chi connectivity index (χ3v) is 13.0. The molecule has 0 atom stereocenters. The first kappa shape index (κ1) is 38.9. The molecule has 66 heavy (non-hydrogen) atoms. The minimum absolute atomic E-state index is 1.10. The van der Waals surface area contributed by atoms with Crippen LogP contribution >= 0.6 is 0 Å². The van der Waals surface area contributed by atoms with E-state index in [1.807, 2.05) is 0 Å². The van der Waals surface area contributed by atoms with Crippen molar-refractivity contribution in [3.8, 4) is 61.3 Å². The second-order valence-corrected chi connectivity index (χ2v) is 16.9. The van der Waals surface area contributed by atoms with Gasteiger partial charge in [-0.3, -0.25) is 0 Å². The van der Waals surface area contributed by atoms with Gasteiger partial charge in [-0.1, -0.05) is 206 Å². The molecule has 1 aromatic heterocycles. The van der Waals surface area contributed by atoms with Gasteiger partial charge in [0.2, 0.25) is 0 Å². The molecule has 0 fully saturated rings. The van der Waals surface area contributed by atoms with Gasteiger partial charge >= 0.3 is 0 Å². The highest BCUT2D eigenvalue weighted by Crippen LogP contribution is 2.41. The van der Waals surface area contributed by atoms with E-state index in [0.717, 1.165) is 22.7 Å². The summed E-state index contributed by atoms with van der Waals surface area (Å²) in [4.78, 5) is 2.36. The van der Waals surface area contributed by atoms with Gasteiger partial charge in [0, 0.05) is 33.4 Å². The van der Waals surface area contributed by atoms with Gasteiger partial charge in [0.05, 0.1) is 16.7 Å². The van der Waals surface area contributed by atoms with Gasteiger partial charge in [-0.15, -0.1) is 0 Å². The van der Waals surface area contributed by atoms with Gasteiger partial charge in [0.25, 0.3) is 0 Å². The molecule has 12 aromatic rings. The Bertz CT molecular complexity index is 3640. The van der Waals surface area contributed by atoms with Crippen molar-refractivity contribution in [1.29, 1.82) is 0 Å². The van der Waals surface area contributed by atoms with Crippen LogP contribution in [0.2, 0.25) is 0 Å². The Morgan fingerprint density at radius 1 is 0.242 bits per heavy atom. The fourth-order valence-electron chi connectivity index (χ4n) is 9.65. The van der Waals surface area contributed by atoms with E-state index >= 15 is 0 Å². The predicted molar refractivity (Wildman–Crippen MR) is 280 cm³/mol. The van der Waals surface area contributed by atoms with Crippen LogP contribution in [-0.4, -0.2) is 4.57 Å². The quantitative estimate of drug-likeness (QED) is 0.141. The fourth-order valence-corrected chi connectivity index (χ4v) is 9.65. The van der Waals surface area contributed by atoms with Gasteiger partial charge in [-0.25, -0.2) is 0 Å². The predicted octanol–water partition coefficient (Wildman–Crippen LogP) is 17.7. The molecule has 0 aliphatic heterocycles. The molecule has 2 heteroatoms. The maximum Gasteiger partial charge on any atom is 0.0541 e. The molecular formula is C64H44N2. The molecule has 0 N–H and O–H groups in total. The highest BCUT2D eigenvalue weighted by Gasteiger charge is 2.18. The van der Waals surface area contributed by atoms with E-state index in [1.54, 1.807) is 0 Å². The van der Waals surface area contributed by atoms with Crippen molar-refractivity contribution in [1.82, 2.24) is 4.57 Å². The lowest BCUT2D eigenvalue weighted by atomic mass is 9.98. The maximum atomic E-state index is 2.43. The first-order chi connectivity index (χ1) is 32.7. The van der Waals surface area contributed by atoms with E-state index in [1.165, 1.54) is 88.2 Å². The number of hydrogen-bond donors (Lipinski definition) is 0. The minimum atomic E-state index is 1.10. The largest absolute Gasteiger partial charge is 0.310 e. The Balaban J connectivity index is 0.859. The Morgan fingerprint density at radius 2 is 0.667 bits per heavy atom. The number of rotatable bonds is 9. The lowest BCUT2D eigenvalue weighted by Crippen LogP contribution is -2.09. The van der Waals surface area contributed by atoms with Crippen LogP contribution in [0.5, 0.6) is 0 Å². The topological polar surface area (TPSA) is 8.17 Å². The van der Waals surface area contributed by atoms with Crippen LogP contribution in [0.3, 0.4) is 0 Å². The van der Waals surface area contributed by atoms with Crippen LogP contribution in [-0.2, 0) is 0 Å². The Hall–Kier alpha value is -8.72. The normalized spacial score (nSPS) is 11.3. The van der Waals surface area contributed by atoms with Crippen LogP contribution < -0.4 is 4.90 Å². The standard InChI is InChI=1S/C64H44N2/c1-3-13-45(14-4-1)48-23-25-49(26-24-48)51-31-37-56(38-32-51)65(58-41-35-47-17-7-8-18-54(47)43-58)57-39-33-52(34-40-57)50-27-29-53(30-28-50)59-19-9-11-21-62(59)66-63-22-12-10-20-60(63)61-44-55(36-42-64(61)66)46-15-5-2-6-16-46/h1-44H. The van der Waals surface area contributed by atoms with Gasteiger partial charge in [-0.05, 0) is 122 Å². The van der Waals surface area contributed by atoms with E-state index in [0.29, 0.717) is 0 Å². The molecule has 0 aliphatic carbocycles. The number of para-hydroxylation sites is 2. The molecule has 2 nitrogen and oxygen atoms in total. The van der Waals surface area contributed by atoms with Gasteiger partial charge in [0.15, 0.2) is 0 Å². The first-order valence-electron chi connectivity index (χ1n) is 22.7. The summed E-state index contributed by atoms with van der Waals surface area (Å²) in [5.41, 5.74) is 18.9. The smallest absolute Gasteiger partial charge is 0.0541 e. The summed E-state index contributed by atoms with van der Waals surface area (Å²) in [6.45, 7) is 0. The Labute approximate surface area is 385 Å². The second-order valence-electron chi connectivity index (χ2n) is 16.9. The van der Waals surface area contributed by atoms with E-state index in [-0.39, 0.29) is 0 Å². The van der Waals surface area contributed by atoms with Crippen molar-refractivity contribution in [2.24, 2.45) is 0 Å². The van der Waals surface area contributed by atoms with E-state index in [2.05, 4.69) is 276 Å². The lowest BCUT2D eigenvalue weighted by molar-refractivity contribution is 1.18. The van der Waals surface area contributed by atoms with E-state index in [4.69, 9.17) is 0 Å². The van der Waals surface area contributed by atoms with Crippen molar-refractivity contribution in [3.63, 3.8) is 0 Å². The molecule has 0 amide bonds. The van der Waals surface area contributed by atoms with Crippen molar-refractivity contribution >= 4 is 49.6 Å². The number of fused-ring (bicyclic) bond motifs is 4. The molecule has 0 saturated carbocycles. The second kappa shape index (κ2) is 16.8. The third-order valence-electron chi connectivity index (χ3n) is 13.0. The van der Waals surface area contributed by atoms with Crippen LogP contribution in [0.4, 0.5) is 17.1 Å². The molecule has 1 heterocycles. The molecular weight excluding hydrogens is 797 g/mol. The van der Waals surface area contributed by atoms with E-state index < -0.39 is 0 Å². The van der Waals surface area contributed by atoms with Crippen molar-refractivity contribution in [2.75, 3.05) is 4.90 Å². The zero-order valence-electron chi connectivity index (χ0n) is 36.3. The summed E-state index contributed by atoms with van der Waals surface area (Å²) in [7, 11) is 0. The highest BCUT2D eigenvalue weighted by atomic mass is 15.1. The van der Waals surface area contributed by atoms with Crippen LogP contribution in [0, 0.1) is 0 Å². The monoisotopic (exact) mass is 840 g/mol. The first-order valence-corrected chi connectivity index (χ1v) is 22.7. The molecule has 0 radical (unpaired) electrons. The van der Waals surface area contributed by atoms with Crippen molar-refractivity contribution < 1.29 is 0 Å². The minimum Gasteiger partial charge on any atom is -0.310 e. The van der Waals surface area contributed by atoms with Crippen LogP contribution in [0.25, 0.3) is 93.9 Å². The SMILES string of the molecule is c1ccc(-c2ccc(-c3ccc(N(c4ccc(-c5ccc(-c6ccccc6-n6c7ccccc7c7cc(-c8ccccc8)ccc76)cc5)cc4)c4ccc5ccccc5c4)cc3)cc2)cc1. The number of nitrogens with zero attached hydrogens (tertiary/aromatic N) is 2. The number of hydrogen-bond acceptors (Lipinski definition) is 1. The zero-order chi connectivity index (χ0) is 43.8. The highest BCUT2D eigenvalue weighted by molar-refractivity contribution is 6.11. The summed E-state index contributed by atoms with van der Waals surface area (Å²) < 4.78 is 2.43. The summed E-state index contributed by atoms with van der Waals surface area (Å²) in [6, 6.07) is 96.7. The molecule has 0 unspecified atom stereocenters. The number of anilines is 3. The van der Waals surface area contributed by atoms with Gasteiger partial charge in [0.1, 0.15) is 0 Å². The maximum absolute atomic E-state index is 2.43. The average Bonchev–Trinajstić information content (AvgIpc) is 3.73. The summed E-state index contributed by atoms with van der Waals surface area (Å²) in [5.74, 6) is 0. The van der Waals surface area contributed by atoms with Crippen molar-refractivity contribution in [2.45, 2.75) is 0 Å². The molecule has 11 aromatic carbocycles. The summed E-state index contributed by atoms with van der Waals surface area (Å²) in [5, 5.41) is 4.94. The molecule has 0 spiro atoms. The van der Waals surface area contributed by atoms with Crippen LogP contribution in [0.15, 0.2) is 267 Å². The number of benzene rings is 11. The Kier molecular flexibility index (Phi) is 9.89. The third kappa shape index (κ3) is 7.21. The molecule has 0 saturated heterocycles. The molecule has 310 valence electrons. The Morgan fingerprint density at radius 3 is 1.29 bits per heavy atom. The zero-order valence-corrected chi connectivity index (χ0v) is 36.3. The lowest BCUT2D eigenvalue weighted by Gasteiger charge is -2.26. The number of aromatic nitrogens is 1. The molecule has 0 aliphatic rings. The van der Waals surface area contributed by atoms with Gasteiger partial charge in [-0.2, -0.15) is 0 Å². The summed E-state index contributed by atoms with van der Waals surface area (Å²) >= 11 is 0. The summed E-state index contributed by atoms with van der Waals surface area (Å²) in [6.07, 6.45) is 0. The van der Waals surface area contributed by atoms with Crippen LogP contribution in [0.1, 0.15) is 0 Å². The van der Waals surface area contributed by atoms with Crippen molar-refractivity contribution in [3.05, 3.63) is 267 Å². The van der Waals surface area contributed by atoms with Gasteiger partial charge < -0.3 is 9.47 Å². The van der Waals surface area contributed by atoms with E-state index in [9.17, 15) is 0 Å². The molecule has 12 rings (SSSR count).